The molecule has 0 spiro atoms. The first kappa shape index (κ1) is 21.8. The highest BCUT2D eigenvalue weighted by Gasteiger charge is 2.45. The van der Waals surface area contributed by atoms with E-state index in [1.54, 1.807) is 17.6 Å². The summed E-state index contributed by atoms with van der Waals surface area (Å²) in [6.45, 7) is 2.74. The number of pyridine rings is 2. The van der Waals surface area contributed by atoms with E-state index < -0.39 is 11.6 Å². The minimum Gasteiger partial charge on any atom is -0.458 e. The number of hydrogen-bond donors (Lipinski definition) is 1. The summed E-state index contributed by atoms with van der Waals surface area (Å²) in [5.41, 5.74) is 2.55. The van der Waals surface area contributed by atoms with E-state index in [9.17, 15) is 14.7 Å². The molecule has 176 valence electrons. The molecule has 10 heteroatoms. The van der Waals surface area contributed by atoms with E-state index in [1.807, 2.05) is 19.2 Å². The smallest absolute Gasteiger partial charge is 0.343 e. The van der Waals surface area contributed by atoms with E-state index >= 15 is 0 Å². The van der Waals surface area contributed by atoms with Gasteiger partial charge in [0.1, 0.15) is 6.61 Å². The first-order valence-electron chi connectivity index (χ1n) is 11.0. The fourth-order valence-electron chi connectivity index (χ4n) is 5.04. The Kier molecular flexibility index (Phi) is 4.91. The standard InChI is InChI=1S/C24H22IN3O6/c1-3-24(31)16-5-18-21-14(8-28(18)22(29)15(16)9-32-23(24)30)13(7-27(2)10-25)12-4-19-20(34-11-33-19)6-17(12)26-21/h4-6,31H,3,7-11H2,1-2H3/t24-/m0/s1. The summed E-state index contributed by atoms with van der Waals surface area (Å²) in [5.74, 6) is 0.588. The molecule has 5 heterocycles. The summed E-state index contributed by atoms with van der Waals surface area (Å²) < 4.78 is 18.8. The molecular formula is C24H22IN3O6. The van der Waals surface area contributed by atoms with Gasteiger partial charge in [-0.15, -0.1) is 0 Å². The lowest BCUT2D eigenvalue weighted by atomic mass is 9.86. The normalized spacial score (nSPS) is 19.9. The van der Waals surface area contributed by atoms with Gasteiger partial charge in [-0.1, -0.05) is 29.5 Å². The molecule has 0 radical (unpaired) electrons. The lowest BCUT2D eigenvalue weighted by molar-refractivity contribution is -0.172. The van der Waals surface area contributed by atoms with Gasteiger partial charge in [0, 0.05) is 29.1 Å². The van der Waals surface area contributed by atoms with Crippen LogP contribution in [0.4, 0.5) is 0 Å². The Morgan fingerprint density at radius 3 is 2.68 bits per heavy atom. The predicted octanol–water partition coefficient (Wildman–Crippen LogP) is 2.63. The summed E-state index contributed by atoms with van der Waals surface area (Å²) in [5, 5.41) is 12.1. The Morgan fingerprint density at radius 2 is 1.94 bits per heavy atom. The third-order valence-corrected chi connectivity index (χ3v) is 8.10. The predicted molar refractivity (Wildman–Crippen MR) is 131 cm³/mol. The van der Waals surface area contributed by atoms with Gasteiger partial charge in [-0.2, -0.15) is 0 Å². The number of hydrogen-bond acceptors (Lipinski definition) is 8. The molecule has 0 saturated carbocycles. The number of benzene rings is 1. The van der Waals surface area contributed by atoms with Crippen molar-refractivity contribution in [2.24, 2.45) is 0 Å². The van der Waals surface area contributed by atoms with Crippen LogP contribution in [-0.4, -0.2) is 43.9 Å². The van der Waals surface area contributed by atoms with Crippen molar-refractivity contribution in [2.75, 3.05) is 18.4 Å². The maximum absolute atomic E-state index is 13.5. The molecular weight excluding hydrogens is 553 g/mol. The van der Waals surface area contributed by atoms with Gasteiger partial charge in [-0.25, -0.2) is 9.78 Å². The molecule has 0 bridgehead atoms. The van der Waals surface area contributed by atoms with Crippen LogP contribution in [0.15, 0.2) is 23.0 Å². The highest BCUT2D eigenvalue weighted by molar-refractivity contribution is 14.1. The minimum absolute atomic E-state index is 0.106. The molecule has 6 rings (SSSR count). The number of carbonyl (C=O) groups excluding carboxylic acids is 1. The Labute approximate surface area is 208 Å². The van der Waals surface area contributed by atoms with Gasteiger partial charge in [0.15, 0.2) is 17.1 Å². The summed E-state index contributed by atoms with van der Waals surface area (Å²) in [7, 11) is 2.04. The zero-order valence-electron chi connectivity index (χ0n) is 18.7. The number of alkyl halides is 1. The number of carbonyl (C=O) groups is 1. The second-order valence-corrected chi connectivity index (χ2v) is 9.56. The highest BCUT2D eigenvalue weighted by Crippen LogP contribution is 2.43. The summed E-state index contributed by atoms with van der Waals surface area (Å²) in [6.07, 6.45) is 0.106. The van der Waals surface area contributed by atoms with Gasteiger partial charge in [-0.05, 0) is 31.2 Å². The number of aliphatic hydroxyl groups is 1. The van der Waals surface area contributed by atoms with Crippen LogP contribution in [0.2, 0.25) is 0 Å². The van der Waals surface area contributed by atoms with Gasteiger partial charge in [0.2, 0.25) is 6.79 Å². The van der Waals surface area contributed by atoms with E-state index in [1.165, 1.54) is 0 Å². The third-order valence-electron chi connectivity index (χ3n) is 6.93. The highest BCUT2D eigenvalue weighted by atomic mass is 127. The maximum Gasteiger partial charge on any atom is 0.343 e. The zero-order chi connectivity index (χ0) is 23.8. The lowest BCUT2D eigenvalue weighted by Crippen LogP contribution is -2.44. The van der Waals surface area contributed by atoms with Crippen LogP contribution in [0, 0.1) is 0 Å². The van der Waals surface area contributed by atoms with Crippen molar-refractivity contribution < 1.29 is 24.1 Å². The third kappa shape index (κ3) is 2.94. The van der Waals surface area contributed by atoms with Crippen molar-refractivity contribution >= 4 is 39.5 Å². The van der Waals surface area contributed by atoms with Gasteiger partial charge in [0.05, 0.1) is 33.6 Å². The molecule has 2 aromatic heterocycles. The zero-order valence-corrected chi connectivity index (χ0v) is 20.8. The Morgan fingerprint density at radius 1 is 1.18 bits per heavy atom. The topological polar surface area (TPSA) is 103 Å². The largest absolute Gasteiger partial charge is 0.458 e. The Balaban J connectivity index is 1.63. The molecule has 3 aliphatic rings. The molecule has 1 aromatic carbocycles. The second kappa shape index (κ2) is 7.65. The first-order chi connectivity index (χ1) is 16.4. The van der Waals surface area contributed by atoms with Crippen LogP contribution in [-0.2, 0) is 34.8 Å². The second-order valence-electron chi connectivity index (χ2n) is 8.88. The van der Waals surface area contributed by atoms with Gasteiger partial charge in [-0.3, -0.25) is 9.69 Å². The number of ether oxygens (including phenoxy) is 3. The van der Waals surface area contributed by atoms with E-state index in [4.69, 9.17) is 19.2 Å². The Hall–Kier alpha value is -2.70. The van der Waals surface area contributed by atoms with E-state index in [-0.39, 0.29) is 25.4 Å². The lowest BCUT2D eigenvalue weighted by Gasteiger charge is -2.31. The van der Waals surface area contributed by atoms with E-state index in [0.29, 0.717) is 47.1 Å². The minimum atomic E-state index is -1.85. The molecule has 0 fully saturated rings. The molecule has 3 aliphatic heterocycles. The van der Waals surface area contributed by atoms with Crippen LogP contribution in [0.25, 0.3) is 22.3 Å². The fourth-order valence-corrected chi connectivity index (χ4v) is 5.29. The maximum atomic E-state index is 13.5. The van der Waals surface area contributed by atoms with Gasteiger partial charge in [0.25, 0.3) is 5.56 Å². The Bertz CT molecular complexity index is 1450. The first-order valence-corrected chi connectivity index (χ1v) is 12.5. The number of cyclic esters (lactones) is 1. The average molecular weight is 575 g/mol. The quantitative estimate of drug-likeness (QED) is 0.172. The van der Waals surface area contributed by atoms with Gasteiger partial charge >= 0.3 is 5.97 Å². The van der Waals surface area contributed by atoms with Crippen LogP contribution >= 0.6 is 22.6 Å². The molecule has 3 aromatic rings. The number of nitrogens with zero attached hydrogens (tertiary/aromatic N) is 3. The van der Waals surface area contributed by atoms with Crippen molar-refractivity contribution in [3.8, 4) is 22.9 Å². The molecule has 1 atom stereocenters. The molecule has 9 nitrogen and oxygen atoms in total. The number of halogens is 1. The van der Waals surface area contributed by atoms with Crippen molar-refractivity contribution in [2.45, 2.75) is 38.6 Å². The summed E-state index contributed by atoms with van der Waals surface area (Å²) in [6, 6.07) is 5.56. The molecule has 1 N–H and O–H groups in total. The SMILES string of the molecule is CC[C@@]1(O)C(=O)OCc2c1cc1n(c2=O)Cc2c-1nc1cc3c(cc1c2CN(C)CI)OCO3. The molecule has 0 aliphatic carbocycles. The number of aromatic nitrogens is 2. The number of esters is 1. The van der Waals surface area contributed by atoms with Crippen molar-refractivity contribution in [3.63, 3.8) is 0 Å². The van der Waals surface area contributed by atoms with Crippen LogP contribution in [0.1, 0.15) is 35.6 Å². The summed E-state index contributed by atoms with van der Waals surface area (Å²) >= 11 is 2.32. The molecule has 0 amide bonds. The molecule has 34 heavy (non-hydrogen) atoms. The average Bonchev–Trinajstić information content (AvgIpc) is 3.44. The van der Waals surface area contributed by atoms with Crippen molar-refractivity contribution in [3.05, 3.63) is 50.8 Å². The van der Waals surface area contributed by atoms with Crippen LogP contribution in [0.3, 0.4) is 0 Å². The van der Waals surface area contributed by atoms with Crippen LogP contribution in [0.5, 0.6) is 11.5 Å². The number of fused-ring (bicyclic) bond motifs is 6. The van der Waals surface area contributed by atoms with E-state index in [2.05, 4.69) is 27.5 Å². The fraction of sp³-hybridized carbons (Fsp3) is 0.375. The molecule has 0 unspecified atom stereocenters. The van der Waals surface area contributed by atoms with Crippen molar-refractivity contribution in [1.29, 1.82) is 0 Å². The molecule has 0 saturated heterocycles. The summed E-state index contributed by atoms with van der Waals surface area (Å²) in [4.78, 5) is 33.1. The monoisotopic (exact) mass is 575 g/mol. The number of rotatable bonds is 4. The van der Waals surface area contributed by atoms with Gasteiger partial charge < -0.3 is 23.9 Å². The van der Waals surface area contributed by atoms with Crippen molar-refractivity contribution in [1.82, 2.24) is 14.5 Å². The van der Waals surface area contributed by atoms with E-state index in [0.717, 1.165) is 26.6 Å². The van der Waals surface area contributed by atoms with Crippen LogP contribution < -0.4 is 15.0 Å².